The summed E-state index contributed by atoms with van der Waals surface area (Å²) >= 11 is 0. The molecule has 2 heterocycles. The zero-order valence-corrected chi connectivity index (χ0v) is 19.3. The number of aromatic nitrogens is 1. The second-order valence-electron chi connectivity index (χ2n) is 8.77. The number of nitrogens with zero attached hydrogens (tertiary/aromatic N) is 3. The Balaban J connectivity index is 2.05. The molecule has 7 nitrogen and oxygen atoms in total. The predicted octanol–water partition coefficient (Wildman–Crippen LogP) is 3.41. The van der Waals surface area contributed by atoms with Crippen molar-refractivity contribution in [3.63, 3.8) is 0 Å². The molecule has 0 saturated carbocycles. The summed E-state index contributed by atoms with van der Waals surface area (Å²) in [5.41, 5.74) is 2.07. The monoisotopic (exact) mass is 437 g/mol. The molecular weight excluding hydrogens is 406 g/mol. The molecule has 7 heteroatoms. The van der Waals surface area contributed by atoms with Gasteiger partial charge in [0.2, 0.25) is 0 Å². The minimum absolute atomic E-state index is 0.0806. The Morgan fingerprint density at radius 3 is 2.59 bits per heavy atom. The van der Waals surface area contributed by atoms with Gasteiger partial charge >= 0.3 is 0 Å². The Morgan fingerprint density at radius 1 is 1.25 bits per heavy atom. The number of rotatable bonds is 8. The fraction of sp³-hybridized carbons (Fsp3) is 0.400. The van der Waals surface area contributed by atoms with Crippen molar-refractivity contribution in [2.75, 3.05) is 33.8 Å². The molecule has 1 aliphatic rings. The van der Waals surface area contributed by atoms with Gasteiger partial charge in [-0.05, 0) is 62.3 Å². The lowest BCUT2D eigenvalue weighted by molar-refractivity contribution is -0.140. The van der Waals surface area contributed by atoms with E-state index in [1.165, 1.54) is 4.90 Å². The second kappa shape index (κ2) is 9.96. The summed E-state index contributed by atoms with van der Waals surface area (Å²) in [6, 6.07) is 8.15. The van der Waals surface area contributed by atoms with Crippen LogP contribution in [0.3, 0.4) is 0 Å². The SMILES string of the molecule is Cc1cc(C(O)=C2C(=O)C(=O)N(CCN(C)C)[C@@H]2c2cccnc2)ccc1OCC(C)C. The Bertz CT molecular complexity index is 1020. The van der Waals surface area contributed by atoms with Crippen LogP contribution in [0.5, 0.6) is 5.75 Å². The molecule has 0 bridgehead atoms. The van der Waals surface area contributed by atoms with Crippen LogP contribution in [0.2, 0.25) is 0 Å². The minimum Gasteiger partial charge on any atom is -0.507 e. The lowest BCUT2D eigenvalue weighted by atomic mass is 9.95. The van der Waals surface area contributed by atoms with Crippen molar-refractivity contribution >= 4 is 17.4 Å². The van der Waals surface area contributed by atoms with Crippen molar-refractivity contribution in [1.82, 2.24) is 14.8 Å². The van der Waals surface area contributed by atoms with Gasteiger partial charge in [0, 0.05) is 31.0 Å². The number of aliphatic hydroxyl groups excluding tert-OH is 1. The number of pyridine rings is 1. The topological polar surface area (TPSA) is 83.0 Å². The van der Waals surface area contributed by atoms with Crippen LogP contribution in [0.15, 0.2) is 48.3 Å². The van der Waals surface area contributed by atoms with E-state index in [-0.39, 0.29) is 11.3 Å². The number of benzene rings is 1. The van der Waals surface area contributed by atoms with E-state index < -0.39 is 17.7 Å². The fourth-order valence-corrected chi connectivity index (χ4v) is 3.67. The third-order valence-corrected chi connectivity index (χ3v) is 5.35. The highest BCUT2D eigenvalue weighted by atomic mass is 16.5. The molecule has 1 aromatic heterocycles. The minimum atomic E-state index is -0.694. The van der Waals surface area contributed by atoms with E-state index in [1.54, 1.807) is 36.7 Å². The van der Waals surface area contributed by atoms with E-state index >= 15 is 0 Å². The average Bonchev–Trinajstić information content (AvgIpc) is 3.01. The number of carbonyl (C=O) groups excluding carboxylic acids is 2. The number of Topliss-reactive ketones (excluding diaryl/α,β-unsaturated/α-hetero) is 1. The van der Waals surface area contributed by atoms with Crippen molar-refractivity contribution in [2.24, 2.45) is 5.92 Å². The largest absolute Gasteiger partial charge is 0.507 e. The van der Waals surface area contributed by atoms with Gasteiger partial charge in [0.05, 0.1) is 18.2 Å². The molecule has 1 atom stereocenters. The van der Waals surface area contributed by atoms with Gasteiger partial charge in [-0.25, -0.2) is 0 Å². The molecule has 0 spiro atoms. The molecule has 2 aromatic rings. The first-order valence-corrected chi connectivity index (χ1v) is 10.8. The van der Waals surface area contributed by atoms with Crippen LogP contribution in [0.25, 0.3) is 5.76 Å². The first kappa shape index (κ1) is 23.5. The lowest BCUT2D eigenvalue weighted by Crippen LogP contribution is -2.35. The molecule has 170 valence electrons. The summed E-state index contributed by atoms with van der Waals surface area (Å²) in [4.78, 5) is 33.5. The first-order valence-electron chi connectivity index (χ1n) is 10.8. The van der Waals surface area contributed by atoms with Gasteiger partial charge < -0.3 is 19.6 Å². The molecule has 0 aliphatic carbocycles. The van der Waals surface area contributed by atoms with E-state index in [2.05, 4.69) is 18.8 Å². The summed E-state index contributed by atoms with van der Waals surface area (Å²) in [7, 11) is 3.81. The maximum absolute atomic E-state index is 13.0. The molecule has 1 amide bonds. The summed E-state index contributed by atoms with van der Waals surface area (Å²) < 4.78 is 5.82. The Morgan fingerprint density at radius 2 is 2.00 bits per heavy atom. The van der Waals surface area contributed by atoms with Crippen molar-refractivity contribution in [3.05, 3.63) is 65.0 Å². The van der Waals surface area contributed by atoms with Crippen LogP contribution in [-0.4, -0.2) is 65.4 Å². The van der Waals surface area contributed by atoms with Crippen LogP contribution in [0.1, 0.15) is 36.6 Å². The molecule has 1 aromatic carbocycles. The Kier molecular flexibility index (Phi) is 7.30. The van der Waals surface area contributed by atoms with Gasteiger partial charge in [-0.2, -0.15) is 0 Å². The molecule has 0 unspecified atom stereocenters. The van der Waals surface area contributed by atoms with Gasteiger partial charge in [-0.15, -0.1) is 0 Å². The average molecular weight is 438 g/mol. The summed E-state index contributed by atoms with van der Waals surface area (Å²) in [5, 5.41) is 11.2. The van der Waals surface area contributed by atoms with Gasteiger partial charge in [-0.1, -0.05) is 19.9 Å². The van der Waals surface area contributed by atoms with Gasteiger partial charge in [0.25, 0.3) is 11.7 Å². The number of amides is 1. The molecule has 1 saturated heterocycles. The smallest absolute Gasteiger partial charge is 0.295 e. The molecule has 32 heavy (non-hydrogen) atoms. The summed E-state index contributed by atoms with van der Waals surface area (Å²) in [6.07, 6.45) is 3.26. The summed E-state index contributed by atoms with van der Waals surface area (Å²) in [5.74, 6) is -0.377. The van der Waals surface area contributed by atoms with E-state index in [9.17, 15) is 14.7 Å². The number of hydrogen-bond acceptors (Lipinski definition) is 6. The number of aryl methyl sites for hydroxylation is 1. The predicted molar refractivity (Wildman–Crippen MR) is 123 cm³/mol. The van der Waals surface area contributed by atoms with E-state index in [0.717, 1.165) is 11.3 Å². The maximum Gasteiger partial charge on any atom is 0.295 e. The number of hydrogen-bond donors (Lipinski definition) is 1. The third kappa shape index (κ3) is 4.99. The van der Waals surface area contributed by atoms with Crippen molar-refractivity contribution < 1.29 is 19.4 Å². The van der Waals surface area contributed by atoms with Gasteiger partial charge in [-0.3, -0.25) is 14.6 Å². The molecule has 0 radical (unpaired) electrons. The number of likely N-dealkylation sites (tertiary alicyclic amines) is 1. The zero-order chi connectivity index (χ0) is 23.4. The first-order chi connectivity index (χ1) is 15.2. The molecule has 3 rings (SSSR count). The maximum atomic E-state index is 13.0. The number of aliphatic hydroxyl groups is 1. The molecular formula is C25H31N3O4. The molecule has 1 fully saturated rings. The highest BCUT2D eigenvalue weighted by Crippen LogP contribution is 2.39. The quantitative estimate of drug-likeness (QED) is 0.387. The van der Waals surface area contributed by atoms with Crippen molar-refractivity contribution in [3.8, 4) is 5.75 Å². The molecule has 1 N–H and O–H groups in total. The normalized spacial score (nSPS) is 18.1. The van der Waals surface area contributed by atoms with E-state index in [0.29, 0.717) is 36.7 Å². The standard InChI is InChI=1S/C25H31N3O4/c1-16(2)15-32-20-9-8-18(13-17(20)3)23(29)21-22(19-7-6-10-26-14-19)28(12-11-27(4)5)25(31)24(21)30/h6-10,13-14,16,22,29H,11-12,15H2,1-5H3/t22-/m1/s1. The zero-order valence-electron chi connectivity index (χ0n) is 19.3. The third-order valence-electron chi connectivity index (χ3n) is 5.35. The van der Waals surface area contributed by atoms with Crippen LogP contribution in [0.4, 0.5) is 0 Å². The Hall–Kier alpha value is -3.19. The highest BCUT2D eigenvalue weighted by molar-refractivity contribution is 6.46. The molecule has 1 aliphatic heterocycles. The van der Waals surface area contributed by atoms with Crippen LogP contribution >= 0.6 is 0 Å². The van der Waals surface area contributed by atoms with Crippen molar-refractivity contribution in [2.45, 2.75) is 26.8 Å². The van der Waals surface area contributed by atoms with E-state index in [1.807, 2.05) is 32.0 Å². The van der Waals surface area contributed by atoms with Crippen molar-refractivity contribution in [1.29, 1.82) is 0 Å². The second-order valence-corrected chi connectivity index (χ2v) is 8.77. The fourth-order valence-electron chi connectivity index (χ4n) is 3.67. The van der Waals surface area contributed by atoms with Gasteiger partial charge in [0.15, 0.2) is 0 Å². The van der Waals surface area contributed by atoms with E-state index in [4.69, 9.17) is 4.74 Å². The highest BCUT2D eigenvalue weighted by Gasteiger charge is 2.46. The van der Waals surface area contributed by atoms with Crippen LogP contribution in [0, 0.1) is 12.8 Å². The number of likely N-dealkylation sites (N-methyl/N-ethyl adjacent to an activating group) is 1. The number of carbonyl (C=O) groups is 2. The van der Waals surface area contributed by atoms with Crippen LogP contribution < -0.4 is 4.74 Å². The number of ketones is 1. The number of ether oxygens (including phenoxy) is 1. The summed E-state index contributed by atoms with van der Waals surface area (Å²) in [6.45, 7) is 7.57. The lowest BCUT2D eigenvalue weighted by Gasteiger charge is -2.26. The van der Waals surface area contributed by atoms with Gasteiger partial charge in [0.1, 0.15) is 11.5 Å². The van der Waals surface area contributed by atoms with Crippen LogP contribution in [-0.2, 0) is 9.59 Å². The Labute approximate surface area is 189 Å².